The Balaban J connectivity index is 4.33. The minimum atomic E-state index is -0.0260. The summed E-state index contributed by atoms with van der Waals surface area (Å²) < 4.78 is 11.4. The molecule has 0 heterocycles. The highest BCUT2D eigenvalue weighted by molar-refractivity contribution is 5.73. The second-order valence-corrected chi connectivity index (χ2v) is 12.5. The Hall–Kier alpha value is -1.06. The first-order chi connectivity index (χ1) is 18.2. The lowest BCUT2D eigenvalue weighted by Gasteiger charge is -2.32. The van der Waals surface area contributed by atoms with Crippen LogP contribution in [0.25, 0.3) is 0 Å². The van der Waals surface area contributed by atoms with Gasteiger partial charge in [0, 0.05) is 6.42 Å². The largest absolute Gasteiger partial charge is 0.465 e. The van der Waals surface area contributed by atoms with E-state index in [1.54, 1.807) is 0 Å². The van der Waals surface area contributed by atoms with Gasteiger partial charge in [-0.3, -0.25) is 9.59 Å². The van der Waals surface area contributed by atoms with Gasteiger partial charge in [-0.2, -0.15) is 0 Å². The van der Waals surface area contributed by atoms with Crippen molar-refractivity contribution in [2.75, 3.05) is 13.2 Å². The van der Waals surface area contributed by atoms with Crippen molar-refractivity contribution in [3.05, 3.63) is 0 Å². The molecule has 4 unspecified atom stereocenters. The lowest BCUT2D eigenvalue weighted by atomic mass is 9.74. The molecule has 0 amide bonds. The van der Waals surface area contributed by atoms with Crippen molar-refractivity contribution in [1.82, 2.24) is 0 Å². The summed E-state index contributed by atoms with van der Waals surface area (Å²) in [6.07, 6.45) is 17.7. The minimum Gasteiger partial charge on any atom is -0.465 e. The van der Waals surface area contributed by atoms with Gasteiger partial charge in [0.25, 0.3) is 0 Å². The zero-order chi connectivity index (χ0) is 28.8. The van der Waals surface area contributed by atoms with Crippen LogP contribution in [-0.2, 0) is 19.1 Å². The van der Waals surface area contributed by atoms with E-state index < -0.39 is 0 Å². The Morgan fingerprint density at radius 3 is 1.55 bits per heavy atom. The van der Waals surface area contributed by atoms with Crippen LogP contribution < -0.4 is 0 Å². The number of unbranched alkanes of at least 4 members (excludes halogenated alkanes) is 7. The fourth-order valence-electron chi connectivity index (χ4n) is 5.60. The Kier molecular flexibility index (Phi) is 23.1. The molecular formula is C34H66O4. The molecule has 0 saturated heterocycles. The normalized spacial score (nSPS) is 14.9. The SMILES string of the molecule is CCCCC(CC)COC(=O)CCCCCCCCC(C(C)C)C(C(=O)OCC(CC)CCCC)C(C)C. The van der Waals surface area contributed by atoms with Crippen molar-refractivity contribution in [1.29, 1.82) is 0 Å². The molecule has 0 bridgehead atoms. The number of hydrogen-bond donors (Lipinski definition) is 0. The van der Waals surface area contributed by atoms with Crippen molar-refractivity contribution in [3.63, 3.8) is 0 Å². The zero-order valence-corrected chi connectivity index (χ0v) is 26.8. The van der Waals surface area contributed by atoms with Gasteiger partial charge < -0.3 is 9.47 Å². The van der Waals surface area contributed by atoms with E-state index in [0.29, 0.717) is 49.2 Å². The average molecular weight is 539 g/mol. The zero-order valence-electron chi connectivity index (χ0n) is 26.8. The van der Waals surface area contributed by atoms with Crippen LogP contribution in [0.15, 0.2) is 0 Å². The highest BCUT2D eigenvalue weighted by atomic mass is 16.5. The van der Waals surface area contributed by atoms with Crippen LogP contribution in [0.2, 0.25) is 0 Å². The molecule has 0 N–H and O–H groups in total. The fraction of sp³-hybridized carbons (Fsp3) is 0.941. The summed E-state index contributed by atoms with van der Waals surface area (Å²) in [5, 5.41) is 0. The number of ether oxygens (including phenoxy) is 2. The maximum Gasteiger partial charge on any atom is 0.309 e. The summed E-state index contributed by atoms with van der Waals surface area (Å²) in [5.74, 6) is 2.13. The Labute approximate surface area is 237 Å². The summed E-state index contributed by atoms with van der Waals surface area (Å²) in [5.41, 5.74) is 0. The average Bonchev–Trinajstić information content (AvgIpc) is 2.89. The second-order valence-electron chi connectivity index (χ2n) is 12.5. The number of rotatable bonds is 25. The van der Waals surface area contributed by atoms with Crippen molar-refractivity contribution in [2.24, 2.45) is 35.5 Å². The summed E-state index contributed by atoms with van der Waals surface area (Å²) in [4.78, 5) is 25.2. The van der Waals surface area contributed by atoms with Gasteiger partial charge in [-0.25, -0.2) is 0 Å². The summed E-state index contributed by atoms with van der Waals surface area (Å²) in [6, 6.07) is 0. The third-order valence-electron chi connectivity index (χ3n) is 8.50. The quantitative estimate of drug-likeness (QED) is 0.0857. The van der Waals surface area contributed by atoms with Crippen LogP contribution in [0.5, 0.6) is 0 Å². The molecule has 0 saturated carbocycles. The molecule has 38 heavy (non-hydrogen) atoms. The van der Waals surface area contributed by atoms with Gasteiger partial charge >= 0.3 is 11.9 Å². The van der Waals surface area contributed by atoms with Crippen molar-refractivity contribution in [3.8, 4) is 0 Å². The molecule has 0 aliphatic heterocycles. The number of esters is 2. The van der Waals surface area contributed by atoms with Gasteiger partial charge in [0.2, 0.25) is 0 Å². The highest BCUT2D eigenvalue weighted by Gasteiger charge is 2.34. The fourth-order valence-corrected chi connectivity index (χ4v) is 5.60. The topological polar surface area (TPSA) is 52.6 Å². The smallest absolute Gasteiger partial charge is 0.309 e. The molecule has 0 aromatic carbocycles. The summed E-state index contributed by atoms with van der Waals surface area (Å²) >= 11 is 0. The number of carbonyl (C=O) groups excluding carboxylic acids is 2. The molecule has 0 aromatic heterocycles. The van der Waals surface area contributed by atoms with E-state index in [1.807, 2.05) is 0 Å². The van der Waals surface area contributed by atoms with Crippen molar-refractivity contribution in [2.45, 2.75) is 158 Å². The van der Waals surface area contributed by atoms with Gasteiger partial charge in [0.1, 0.15) is 0 Å². The standard InChI is InChI=1S/C34H66O4/c1-9-13-21-29(11-3)25-37-32(35)24-20-18-16-15-17-19-23-31(27(5)6)33(28(7)8)34(36)38-26-30(12-4)22-14-10-2/h27-31,33H,9-26H2,1-8H3. The highest BCUT2D eigenvalue weighted by Crippen LogP contribution is 2.33. The number of carbonyl (C=O) groups is 2. The Morgan fingerprint density at radius 2 is 1.08 bits per heavy atom. The van der Waals surface area contributed by atoms with Crippen LogP contribution in [-0.4, -0.2) is 25.2 Å². The molecule has 0 spiro atoms. The van der Waals surface area contributed by atoms with E-state index >= 15 is 0 Å². The summed E-state index contributed by atoms with van der Waals surface area (Å²) in [7, 11) is 0. The first-order valence-corrected chi connectivity index (χ1v) is 16.5. The van der Waals surface area contributed by atoms with E-state index in [9.17, 15) is 9.59 Å². The molecule has 0 aliphatic carbocycles. The van der Waals surface area contributed by atoms with Gasteiger partial charge in [-0.05, 0) is 55.3 Å². The van der Waals surface area contributed by atoms with Crippen molar-refractivity contribution >= 4 is 11.9 Å². The lowest BCUT2D eigenvalue weighted by molar-refractivity contribution is -0.155. The Morgan fingerprint density at radius 1 is 0.579 bits per heavy atom. The van der Waals surface area contributed by atoms with E-state index in [1.165, 1.54) is 44.9 Å². The van der Waals surface area contributed by atoms with Gasteiger partial charge in [0.05, 0.1) is 19.1 Å². The third-order valence-corrected chi connectivity index (χ3v) is 8.50. The van der Waals surface area contributed by atoms with Gasteiger partial charge in [0.15, 0.2) is 0 Å². The first kappa shape index (κ1) is 36.9. The molecular weight excluding hydrogens is 472 g/mol. The molecule has 4 heteroatoms. The van der Waals surface area contributed by atoms with Crippen LogP contribution >= 0.6 is 0 Å². The van der Waals surface area contributed by atoms with Crippen LogP contribution in [0, 0.1) is 35.5 Å². The Bertz CT molecular complexity index is 571. The van der Waals surface area contributed by atoms with E-state index in [4.69, 9.17) is 9.47 Å². The van der Waals surface area contributed by atoms with E-state index in [2.05, 4.69) is 55.4 Å². The number of hydrogen-bond acceptors (Lipinski definition) is 4. The predicted molar refractivity (Wildman–Crippen MR) is 162 cm³/mol. The maximum absolute atomic E-state index is 13.2. The van der Waals surface area contributed by atoms with Gasteiger partial charge in [-0.15, -0.1) is 0 Å². The molecule has 0 aromatic rings. The third kappa shape index (κ3) is 17.5. The first-order valence-electron chi connectivity index (χ1n) is 16.5. The maximum atomic E-state index is 13.2. The van der Waals surface area contributed by atoms with E-state index in [0.717, 1.165) is 51.4 Å². The second kappa shape index (κ2) is 23.8. The molecule has 0 rings (SSSR count). The molecule has 226 valence electrons. The van der Waals surface area contributed by atoms with E-state index in [-0.39, 0.29) is 17.9 Å². The van der Waals surface area contributed by atoms with Crippen LogP contribution in [0.1, 0.15) is 158 Å². The molecule has 4 atom stereocenters. The van der Waals surface area contributed by atoms with Gasteiger partial charge in [-0.1, -0.05) is 126 Å². The van der Waals surface area contributed by atoms with Crippen LogP contribution in [0.3, 0.4) is 0 Å². The monoisotopic (exact) mass is 538 g/mol. The molecule has 0 fully saturated rings. The predicted octanol–water partition coefficient (Wildman–Crippen LogP) is 10.2. The summed E-state index contributed by atoms with van der Waals surface area (Å²) in [6.45, 7) is 18.8. The van der Waals surface area contributed by atoms with Crippen LogP contribution in [0.4, 0.5) is 0 Å². The minimum absolute atomic E-state index is 0.0148. The lowest BCUT2D eigenvalue weighted by Crippen LogP contribution is -2.34. The molecule has 0 aliphatic rings. The molecule has 0 radical (unpaired) electrons. The molecule has 4 nitrogen and oxygen atoms in total. The van der Waals surface area contributed by atoms with Crippen molar-refractivity contribution < 1.29 is 19.1 Å².